The molecule has 0 amide bonds. The fourth-order valence-electron chi connectivity index (χ4n) is 1.82. The van der Waals surface area contributed by atoms with Crippen molar-refractivity contribution >= 4 is 27.6 Å². The molecule has 1 fully saturated rings. The zero-order valence-corrected chi connectivity index (χ0v) is 11.3. The van der Waals surface area contributed by atoms with Gasteiger partial charge in [-0.1, -0.05) is 6.92 Å². The Balaban J connectivity index is 2.29. The number of rotatable bonds is 5. The predicted molar refractivity (Wildman–Crippen MR) is 69.9 cm³/mol. The van der Waals surface area contributed by atoms with Crippen LogP contribution in [-0.2, 0) is 0 Å². The van der Waals surface area contributed by atoms with Crippen LogP contribution in [0.5, 0.6) is 0 Å². The van der Waals surface area contributed by atoms with Gasteiger partial charge in [-0.3, -0.25) is 0 Å². The van der Waals surface area contributed by atoms with Crippen molar-refractivity contribution in [2.75, 3.05) is 23.8 Å². The van der Waals surface area contributed by atoms with Gasteiger partial charge in [-0.15, -0.1) is 0 Å². The van der Waals surface area contributed by atoms with Crippen molar-refractivity contribution < 1.29 is 0 Å². The van der Waals surface area contributed by atoms with Crippen LogP contribution in [-0.4, -0.2) is 29.6 Å². The van der Waals surface area contributed by atoms with Gasteiger partial charge >= 0.3 is 0 Å². The quantitative estimate of drug-likeness (QED) is 0.903. The molecule has 0 bridgehead atoms. The average molecular weight is 285 g/mol. The molecule has 0 aliphatic heterocycles. The maximum absolute atomic E-state index is 4.40. The molecule has 1 aliphatic carbocycles. The minimum Gasteiger partial charge on any atom is -0.372 e. The monoisotopic (exact) mass is 284 g/mol. The Morgan fingerprint density at radius 1 is 1.50 bits per heavy atom. The smallest absolute Gasteiger partial charge is 0.148 e. The topological polar surface area (TPSA) is 41.1 Å². The van der Waals surface area contributed by atoms with Crippen LogP contribution in [0.1, 0.15) is 26.2 Å². The van der Waals surface area contributed by atoms with Gasteiger partial charge < -0.3 is 10.2 Å². The lowest BCUT2D eigenvalue weighted by Crippen LogP contribution is -2.28. The highest BCUT2D eigenvalue weighted by molar-refractivity contribution is 9.10. The lowest BCUT2D eigenvalue weighted by Gasteiger charge is -2.24. The van der Waals surface area contributed by atoms with Crippen molar-refractivity contribution in [1.82, 2.24) is 9.97 Å². The van der Waals surface area contributed by atoms with E-state index >= 15 is 0 Å². The lowest BCUT2D eigenvalue weighted by molar-refractivity contribution is 0.746. The van der Waals surface area contributed by atoms with Crippen LogP contribution in [0.25, 0.3) is 0 Å². The number of aromatic nitrogens is 2. The summed E-state index contributed by atoms with van der Waals surface area (Å²) >= 11 is 3.58. The molecule has 0 atom stereocenters. The van der Waals surface area contributed by atoms with Crippen LogP contribution >= 0.6 is 15.9 Å². The number of hydrogen-bond donors (Lipinski definition) is 1. The molecule has 1 N–H and O–H groups in total. The van der Waals surface area contributed by atoms with Crippen molar-refractivity contribution in [3.8, 4) is 0 Å². The van der Waals surface area contributed by atoms with Gasteiger partial charge in [0.1, 0.15) is 22.4 Å². The van der Waals surface area contributed by atoms with Crippen LogP contribution in [0.15, 0.2) is 10.8 Å². The Labute approximate surface area is 105 Å². The van der Waals surface area contributed by atoms with Crippen molar-refractivity contribution in [3.63, 3.8) is 0 Å². The molecule has 0 unspecified atom stereocenters. The van der Waals surface area contributed by atoms with Gasteiger partial charge in [0, 0.05) is 19.6 Å². The van der Waals surface area contributed by atoms with Crippen LogP contribution in [0.4, 0.5) is 11.6 Å². The van der Waals surface area contributed by atoms with E-state index in [2.05, 4.69) is 43.0 Å². The molecule has 1 aromatic heterocycles. The third-order valence-corrected chi connectivity index (χ3v) is 3.46. The molecule has 4 nitrogen and oxygen atoms in total. The number of nitrogens with one attached hydrogen (secondary N) is 1. The molecule has 1 heterocycles. The molecule has 88 valence electrons. The van der Waals surface area contributed by atoms with E-state index in [1.165, 1.54) is 12.8 Å². The minimum absolute atomic E-state index is 0.677. The molecule has 2 rings (SSSR count). The lowest BCUT2D eigenvalue weighted by atomic mass is 10.3. The fourth-order valence-corrected chi connectivity index (χ4v) is 2.45. The summed E-state index contributed by atoms with van der Waals surface area (Å²) in [5, 5.41) is 3.07. The molecule has 0 saturated heterocycles. The van der Waals surface area contributed by atoms with Gasteiger partial charge in [0.25, 0.3) is 0 Å². The van der Waals surface area contributed by atoms with E-state index in [4.69, 9.17) is 0 Å². The molecular weight excluding hydrogens is 268 g/mol. The standard InChI is InChI=1S/C11H17BrN4/c1-3-6-16(8-4-5-8)11-9(12)10(13-2)14-7-15-11/h7-8H,3-6H2,1-2H3,(H,13,14,15). The van der Waals surface area contributed by atoms with Crippen molar-refractivity contribution in [2.24, 2.45) is 0 Å². The van der Waals surface area contributed by atoms with Crippen molar-refractivity contribution in [1.29, 1.82) is 0 Å². The predicted octanol–water partition coefficient (Wildman–Crippen LogP) is 2.66. The number of anilines is 2. The molecule has 1 aliphatic rings. The second-order valence-corrected chi connectivity index (χ2v) is 4.83. The molecule has 1 aromatic rings. The summed E-state index contributed by atoms with van der Waals surface area (Å²) in [4.78, 5) is 11.0. The Bertz CT molecular complexity index is 365. The van der Waals surface area contributed by atoms with Gasteiger partial charge in [-0.2, -0.15) is 0 Å². The minimum atomic E-state index is 0.677. The highest BCUT2D eigenvalue weighted by Crippen LogP contribution is 2.36. The zero-order chi connectivity index (χ0) is 11.5. The number of nitrogens with zero attached hydrogens (tertiary/aromatic N) is 3. The summed E-state index contributed by atoms with van der Waals surface area (Å²) in [5.74, 6) is 1.87. The SMILES string of the molecule is CCCN(c1ncnc(NC)c1Br)C1CC1. The largest absolute Gasteiger partial charge is 0.372 e. The van der Waals surface area contributed by atoms with Gasteiger partial charge in [0.05, 0.1) is 0 Å². The maximum atomic E-state index is 4.40. The summed E-state index contributed by atoms with van der Waals surface area (Å²) in [6.07, 6.45) is 5.33. The highest BCUT2D eigenvalue weighted by Gasteiger charge is 2.31. The second kappa shape index (κ2) is 4.99. The first kappa shape index (κ1) is 11.6. The number of hydrogen-bond acceptors (Lipinski definition) is 4. The van der Waals surface area contributed by atoms with Crippen LogP contribution in [0, 0.1) is 0 Å². The van der Waals surface area contributed by atoms with Crippen molar-refractivity contribution in [2.45, 2.75) is 32.2 Å². The summed E-state index contributed by atoms with van der Waals surface area (Å²) < 4.78 is 0.970. The molecule has 1 saturated carbocycles. The second-order valence-electron chi connectivity index (χ2n) is 4.03. The first-order valence-electron chi connectivity index (χ1n) is 5.72. The van der Waals surface area contributed by atoms with Crippen LogP contribution < -0.4 is 10.2 Å². The summed E-state index contributed by atoms with van der Waals surface area (Å²) in [6.45, 7) is 3.26. The van der Waals surface area contributed by atoms with E-state index in [0.717, 1.165) is 29.1 Å². The van der Waals surface area contributed by atoms with Crippen LogP contribution in [0.3, 0.4) is 0 Å². The van der Waals surface area contributed by atoms with E-state index in [1.807, 2.05) is 7.05 Å². The van der Waals surface area contributed by atoms with E-state index in [-0.39, 0.29) is 0 Å². The van der Waals surface area contributed by atoms with Gasteiger partial charge in [-0.05, 0) is 35.2 Å². The Kier molecular flexibility index (Phi) is 3.63. The van der Waals surface area contributed by atoms with Crippen LogP contribution in [0.2, 0.25) is 0 Å². The molecule has 0 spiro atoms. The first-order valence-corrected chi connectivity index (χ1v) is 6.52. The first-order chi connectivity index (χ1) is 7.77. The molecule has 16 heavy (non-hydrogen) atoms. The third-order valence-electron chi connectivity index (χ3n) is 2.73. The van der Waals surface area contributed by atoms with E-state index in [1.54, 1.807) is 6.33 Å². The van der Waals surface area contributed by atoms with Gasteiger partial charge in [-0.25, -0.2) is 9.97 Å². The number of halogens is 1. The van der Waals surface area contributed by atoms with E-state index in [9.17, 15) is 0 Å². The van der Waals surface area contributed by atoms with Gasteiger partial charge in [0.2, 0.25) is 0 Å². The molecule has 0 aromatic carbocycles. The summed E-state index contributed by atoms with van der Waals surface area (Å²) in [6, 6.07) is 0.677. The van der Waals surface area contributed by atoms with Crippen molar-refractivity contribution in [3.05, 3.63) is 10.8 Å². The summed E-state index contributed by atoms with van der Waals surface area (Å²) in [7, 11) is 1.87. The Hall–Kier alpha value is -0.840. The normalized spacial score (nSPS) is 14.9. The molecule has 0 radical (unpaired) electrons. The van der Waals surface area contributed by atoms with E-state index in [0.29, 0.717) is 6.04 Å². The Morgan fingerprint density at radius 3 is 2.81 bits per heavy atom. The molecular formula is C11H17BrN4. The summed E-state index contributed by atoms with van der Waals surface area (Å²) in [5.41, 5.74) is 0. The zero-order valence-electron chi connectivity index (χ0n) is 9.70. The maximum Gasteiger partial charge on any atom is 0.148 e. The van der Waals surface area contributed by atoms with Gasteiger partial charge in [0.15, 0.2) is 0 Å². The fraction of sp³-hybridized carbons (Fsp3) is 0.636. The highest BCUT2D eigenvalue weighted by atomic mass is 79.9. The van der Waals surface area contributed by atoms with E-state index < -0.39 is 0 Å². The average Bonchev–Trinajstić information content (AvgIpc) is 3.11. The molecule has 5 heteroatoms. The Morgan fingerprint density at radius 2 is 2.25 bits per heavy atom. The third kappa shape index (κ3) is 2.29.